The predicted molar refractivity (Wildman–Crippen MR) is 129 cm³/mol. The molecule has 2 aliphatic rings. The lowest BCUT2D eigenvalue weighted by Gasteiger charge is -2.24. The second kappa shape index (κ2) is 8.82. The maximum Gasteiger partial charge on any atom is 0.418 e. The molecule has 1 aromatic heterocycles. The van der Waals surface area contributed by atoms with Gasteiger partial charge in [0.05, 0.1) is 23.0 Å². The fourth-order valence-corrected chi connectivity index (χ4v) is 5.35. The first-order valence-electron chi connectivity index (χ1n) is 12.0. The van der Waals surface area contributed by atoms with E-state index in [0.717, 1.165) is 45.8 Å². The third-order valence-electron chi connectivity index (χ3n) is 6.94. The van der Waals surface area contributed by atoms with Crippen molar-refractivity contribution in [3.63, 3.8) is 0 Å². The van der Waals surface area contributed by atoms with Gasteiger partial charge < -0.3 is 10.0 Å². The van der Waals surface area contributed by atoms with Crippen LogP contribution in [0.25, 0.3) is 16.9 Å². The maximum atomic E-state index is 14.1. The maximum absolute atomic E-state index is 14.1. The first-order valence-corrected chi connectivity index (χ1v) is 12.0. The van der Waals surface area contributed by atoms with Gasteiger partial charge >= 0.3 is 6.18 Å². The molecule has 3 aromatic rings. The van der Waals surface area contributed by atoms with Crippen LogP contribution in [-0.4, -0.2) is 34.1 Å². The Morgan fingerprint density at radius 3 is 2.31 bits per heavy atom. The van der Waals surface area contributed by atoms with E-state index >= 15 is 0 Å². The van der Waals surface area contributed by atoms with Gasteiger partial charge in [-0.15, -0.1) is 0 Å². The van der Waals surface area contributed by atoms with Gasteiger partial charge in [-0.05, 0) is 81.8 Å². The van der Waals surface area contributed by atoms with Crippen LogP contribution < -0.4 is 10.5 Å². The number of fused-ring (bicyclic) bond motifs is 1. The zero-order chi connectivity index (χ0) is 24.9. The molecule has 0 radical (unpaired) electrons. The minimum atomic E-state index is -4.66. The van der Waals surface area contributed by atoms with Gasteiger partial charge in [0.15, 0.2) is 0 Å². The molecule has 5 nitrogen and oxygen atoms in total. The summed E-state index contributed by atoms with van der Waals surface area (Å²) in [6.07, 6.45) is -1.71. The number of nitrogens with zero attached hydrogens (tertiary/aromatic N) is 3. The average Bonchev–Trinajstić information content (AvgIpc) is 3.24. The topological polar surface area (TPSA) is 58.4 Å². The Balaban J connectivity index is 1.77. The first kappa shape index (κ1) is 23.6. The highest BCUT2D eigenvalue weighted by Gasteiger charge is 2.36. The smallest absolute Gasteiger partial charge is 0.391 e. The largest absolute Gasteiger partial charge is 0.418 e. The molecular formula is C27H28F3N3O2. The van der Waals surface area contributed by atoms with E-state index in [2.05, 4.69) is 5.10 Å². The Hall–Kier alpha value is -3.13. The highest BCUT2D eigenvalue weighted by molar-refractivity contribution is 5.67. The average molecular weight is 484 g/mol. The second-order valence-corrected chi connectivity index (χ2v) is 9.69. The van der Waals surface area contributed by atoms with Crippen molar-refractivity contribution in [3.8, 4) is 16.9 Å². The minimum absolute atomic E-state index is 0.277. The third-order valence-corrected chi connectivity index (χ3v) is 6.94. The number of benzene rings is 2. The number of β-amino-alcohol motifs (C(OH)–C–C–N with tert-alkyl or cyclic N) is 1. The lowest BCUT2D eigenvalue weighted by Crippen LogP contribution is -2.31. The van der Waals surface area contributed by atoms with E-state index in [1.807, 2.05) is 36.9 Å². The number of aryl methyl sites for hydroxylation is 2. The Morgan fingerprint density at radius 1 is 1.00 bits per heavy atom. The van der Waals surface area contributed by atoms with Crippen molar-refractivity contribution < 1.29 is 18.3 Å². The van der Waals surface area contributed by atoms with Crippen molar-refractivity contribution >= 4 is 5.69 Å². The molecule has 1 aliphatic carbocycles. The summed E-state index contributed by atoms with van der Waals surface area (Å²) < 4.78 is 43.3. The van der Waals surface area contributed by atoms with Crippen molar-refractivity contribution in [3.05, 3.63) is 74.6 Å². The van der Waals surface area contributed by atoms with Crippen LogP contribution in [0.15, 0.2) is 41.2 Å². The van der Waals surface area contributed by atoms with E-state index in [1.54, 1.807) is 0 Å². The highest BCUT2D eigenvalue weighted by Crippen LogP contribution is 2.37. The monoisotopic (exact) mass is 483 g/mol. The Kier molecular flexibility index (Phi) is 5.95. The predicted octanol–water partition coefficient (Wildman–Crippen LogP) is 4.98. The van der Waals surface area contributed by atoms with Gasteiger partial charge in [0.2, 0.25) is 0 Å². The molecule has 1 atom stereocenters. The van der Waals surface area contributed by atoms with Gasteiger partial charge in [-0.25, -0.2) is 0 Å². The second-order valence-electron chi connectivity index (χ2n) is 9.69. The quantitative estimate of drug-likeness (QED) is 0.571. The number of hydrogen-bond donors (Lipinski definition) is 1. The molecule has 5 rings (SSSR count). The molecule has 184 valence electrons. The summed E-state index contributed by atoms with van der Waals surface area (Å²) in [6.45, 7) is 4.81. The van der Waals surface area contributed by atoms with Crippen molar-refractivity contribution in [2.45, 2.75) is 58.2 Å². The normalized spacial score (nSPS) is 18.1. The summed E-state index contributed by atoms with van der Waals surface area (Å²) in [6, 6.07) is 9.76. The third kappa shape index (κ3) is 4.47. The van der Waals surface area contributed by atoms with Crippen LogP contribution in [0.5, 0.6) is 0 Å². The summed E-state index contributed by atoms with van der Waals surface area (Å²) in [5.74, 6) is 0. The van der Waals surface area contributed by atoms with Crippen LogP contribution in [0.3, 0.4) is 0 Å². The summed E-state index contributed by atoms with van der Waals surface area (Å²) in [5, 5.41) is 14.5. The van der Waals surface area contributed by atoms with E-state index < -0.39 is 23.4 Å². The minimum Gasteiger partial charge on any atom is -0.391 e. The van der Waals surface area contributed by atoms with Crippen LogP contribution in [0.2, 0.25) is 0 Å². The van der Waals surface area contributed by atoms with Gasteiger partial charge in [-0.2, -0.15) is 23.0 Å². The molecule has 0 unspecified atom stereocenters. The van der Waals surface area contributed by atoms with E-state index in [0.29, 0.717) is 49.3 Å². The lowest BCUT2D eigenvalue weighted by atomic mass is 9.89. The van der Waals surface area contributed by atoms with Crippen molar-refractivity contribution in [1.29, 1.82) is 0 Å². The Morgan fingerprint density at radius 2 is 1.69 bits per heavy atom. The molecule has 0 spiro atoms. The number of anilines is 1. The van der Waals surface area contributed by atoms with Gasteiger partial charge in [-0.1, -0.05) is 17.2 Å². The summed E-state index contributed by atoms with van der Waals surface area (Å²) >= 11 is 0. The fourth-order valence-electron chi connectivity index (χ4n) is 5.35. The molecule has 1 fully saturated rings. The molecule has 2 aromatic carbocycles. The van der Waals surface area contributed by atoms with Crippen LogP contribution in [0.4, 0.5) is 18.9 Å². The van der Waals surface area contributed by atoms with E-state index in [1.165, 1.54) is 12.1 Å². The molecule has 0 saturated carbocycles. The van der Waals surface area contributed by atoms with Crippen LogP contribution in [0, 0.1) is 13.8 Å². The van der Waals surface area contributed by atoms with Gasteiger partial charge in [0.1, 0.15) is 0 Å². The van der Waals surface area contributed by atoms with Crippen molar-refractivity contribution in [2.24, 2.45) is 0 Å². The number of rotatable bonds is 3. The summed E-state index contributed by atoms with van der Waals surface area (Å²) in [7, 11) is 0. The van der Waals surface area contributed by atoms with Crippen molar-refractivity contribution in [1.82, 2.24) is 9.78 Å². The fraction of sp³-hybridized carbons (Fsp3) is 0.407. The molecular weight excluding hydrogens is 455 g/mol. The number of aliphatic hydroxyl groups excluding tert-OH is 1. The van der Waals surface area contributed by atoms with Crippen LogP contribution >= 0.6 is 0 Å². The number of aromatic nitrogens is 2. The SMILES string of the molecule is Cc1cc(C)cc(-c2nn(-c3cc(N4CC[C@H](O)C4)ccc3C(F)(F)F)c(=O)c3c2CCCC3)c1. The molecule has 2 heterocycles. The number of hydrogen-bond acceptors (Lipinski definition) is 4. The number of halogens is 3. The van der Waals surface area contributed by atoms with Crippen molar-refractivity contribution in [2.75, 3.05) is 18.0 Å². The molecule has 0 amide bonds. The number of alkyl halides is 3. The van der Waals surface area contributed by atoms with Gasteiger partial charge in [-0.3, -0.25) is 4.79 Å². The standard InChI is InChI=1S/C27H28F3N3O2/c1-16-11-17(2)13-18(12-16)25-21-5-3-4-6-22(21)26(35)33(31-25)24-14-19(32-10-9-20(34)15-32)7-8-23(24)27(28,29)30/h7-8,11-14,20,34H,3-6,9-10,15H2,1-2H3/t20-/m0/s1. The molecule has 1 N–H and O–H groups in total. The van der Waals surface area contributed by atoms with E-state index in [4.69, 9.17) is 0 Å². The van der Waals surface area contributed by atoms with Gasteiger partial charge in [0.25, 0.3) is 5.56 Å². The van der Waals surface area contributed by atoms with E-state index in [9.17, 15) is 23.1 Å². The molecule has 0 bridgehead atoms. The highest BCUT2D eigenvalue weighted by atomic mass is 19.4. The summed E-state index contributed by atoms with van der Waals surface area (Å²) in [5.41, 5.74) is 3.68. The van der Waals surface area contributed by atoms with E-state index in [-0.39, 0.29) is 5.69 Å². The Labute approximate surface area is 201 Å². The van der Waals surface area contributed by atoms with Crippen LogP contribution in [0.1, 0.15) is 47.1 Å². The molecule has 35 heavy (non-hydrogen) atoms. The van der Waals surface area contributed by atoms with Gasteiger partial charge in [0, 0.05) is 29.9 Å². The Bertz CT molecular complexity index is 1330. The lowest BCUT2D eigenvalue weighted by molar-refractivity contribution is -0.137. The molecule has 1 aliphatic heterocycles. The molecule has 8 heteroatoms. The zero-order valence-electron chi connectivity index (χ0n) is 19.8. The number of aliphatic hydroxyl groups is 1. The first-order chi connectivity index (χ1) is 16.6. The summed E-state index contributed by atoms with van der Waals surface area (Å²) in [4.78, 5) is 15.4. The molecule has 1 saturated heterocycles. The van der Waals surface area contributed by atoms with Crippen LogP contribution in [-0.2, 0) is 19.0 Å². The zero-order valence-corrected chi connectivity index (χ0v) is 19.8.